The van der Waals surface area contributed by atoms with E-state index in [0.29, 0.717) is 18.5 Å². The molecule has 0 radical (unpaired) electrons. The van der Waals surface area contributed by atoms with E-state index in [1.54, 1.807) is 4.90 Å². The van der Waals surface area contributed by atoms with Crippen molar-refractivity contribution in [1.29, 1.82) is 0 Å². The number of carboxylic acids is 1. The lowest BCUT2D eigenvalue weighted by molar-refractivity contribution is -0.150. The van der Waals surface area contributed by atoms with Crippen LogP contribution in [0.15, 0.2) is 42.5 Å². The molecule has 1 atom stereocenters. The van der Waals surface area contributed by atoms with Gasteiger partial charge in [0.2, 0.25) is 0 Å². The Morgan fingerprint density at radius 2 is 1.83 bits per heavy atom. The summed E-state index contributed by atoms with van der Waals surface area (Å²) in [5.41, 5.74) is -0.208. The first-order valence-corrected chi connectivity index (χ1v) is 7.95. The van der Waals surface area contributed by atoms with Gasteiger partial charge in [-0.3, -0.25) is 9.59 Å². The summed E-state index contributed by atoms with van der Waals surface area (Å²) in [6.45, 7) is 4.61. The molecule has 1 N–H and O–H groups in total. The van der Waals surface area contributed by atoms with Crippen LogP contribution in [0.5, 0.6) is 0 Å². The molecular formula is C19H21NO3. The lowest BCUT2D eigenvalue weighted by Crippen LogP contribution is -2.40. The highest BCUT2D eigenvalue weighted by atomic mass is 16.4. The number of benzene rings is 2. The molecule has 1 amide bonds. The van der Waals surface area contributed by atoms with Crippen molar-refractivity contribution >= 4 is 22.6 Å². The first-order valence-electron chi connectivity index (χ1n) is 7.95. The Balaban J connectivity index is 1.87. The first-order chi connectivity index (χ1) is 10.9. The molecule has 2 aromatic rings. The first kappa shape index (κ1) is 15.5. The average molecular weight is 311 g/mol. The van der Waals surface area contributed by atoms with Crippen molar-refractivity contribution in [3.63, 3.8) is 0 Å². The Hall–Kier alpha value is -2.36. The zero-order chi connectivity index (χ0) is 16.6. The molecule has 4 heteroatoms. The molecule has 1 fully saturated rings. The second kappa shape index (κ2) is 5.69. The number of carboxylic acid groups (broad SMARTS) is 1. The number of fused-ring (bicyclic) bond motifs is 1. The van der Waals surface area contributed by atoms with Crippen molar-refractivity contribution in [3.05, 3.63) is 48.0 Å². The molecule has 1 aliphatic heterocycles. The van der Waals surface area contributed by atoms with Crippen LogP contribution in [-0.2, 0) is 4.79 Å². The third-order valence-electron chi connectivity index (χ3n) is 5.12. The number of amides is 1. The van der Waals surface area contributed by atoms with Crippen LogP contribution < -0.4 is 0 Å². The van der Waals surface area contributed by atoms with E-state index in [1.165, 1.54) is 0 Å². The van der Waals surface area contributed by atoms with Gasteiger partial charge in [-0.25, -0.2) is 0 Å². The molecule has 4 nitrogen and oxygen atoms in total. The number of carbonyl (C=O) groups excluding carboxylic acids is 1. The minimum Gasteiger partial charge on any atom is -0.481 e. The maximum atomic E-state index is 12.8. The van der Waals surface area contributed by atoms with Crippen molar-refractivity contribution in [2.45, 2.75) is 20.3 Å². The van der Waals surface area contributed by atoms with Crippen molar-refractivity contribution in [3.8, 4) is 0 Å². The maximum Gasteiger partial charge on any atom is 0.311 e. The molecule has 1 saturated heterocycles. The fourth-order valence-electron chi connectivity index (χ4n) is 3.40. The normalized spacial score (nSPS) is 21.1. The van der Waals surface area contributed by atoms with Crippen LogP contribution in [0.1, 0.15) is 30.6 Å². The number of nitrogens with zero attached hydrogens (tertiary/aromatic N) is 1. The van der Waals surface area contributed by atoms with Crippen LogP contribution in [0.25, 0.3) is 10.8 Å². The second-order valence-corrected chi connectivity index (χ2v) is 6.65. The summed E-state index contributed by atoms with van der Waals surface area (Å²) in [5.74, 6) is -0.893. The summed E-state index contributed by atoms with van der Waals surface area (Å²) in [6.07, 6.45) is 0.513. The molecular weight excluding hydrogens is 290 g/mol. The van der Waals surface area contributed by atoms with E-state index in [-0.39, 0.29) is 18.4 Å². The fourth-order valence-corrected chi connectivity index (χ4v) is 3.40. The zero-order valence-corrected chi connectivity index (χ0v) is 13.5. The number of aliphatic carboxylic acids is 1. The smallest absolute Gasteiger partial charge is 0.311 e. The van der Waals surface area contributed by atoms with E-state index in [0.717, 1.165) is 10.8 Å². The number of rotatable bonds is 3. The monoisotopic (exact) mass is 311 g/mol. The van der Waals surface area contributed by atoms with Gasteiger partial charge in [0.15, 0.2) is 0 Å². The molecule has 1 unspecified atom stereocenters. The Morgan fingerprint density at radius 1 is 1.13 bits per heavy atom. The van der Waals surface area contributed by atoms with Gasteiger partial charge in [-0.1, -0.05) is 44.2 Å². The van der Waals surface area contributed by atoms with Crippen molar-refractivity contribution in [1.82, 2.24) is 4.90 Å². The summed E-state index contributed by atoms with van der Waals surface area (Å²) in [5, 5.41) is 11.7. The minimum absolute atomic E-state index is 0.00518. The summed E-state index contributed by atoms with van der Waals surface area (Å²) >= 11 is 0. The van der Waals surface area contributed by atoms with Crippen LogP contribution in [0.2, 0.25) is 0 Å². The van der Waals surface area contributed by atoms with Crippen molar-refractivity contribution in [2.24, 2.45) is 11.3 Å². The second-order valence-electron chi connectivity index (χ2n) is 6.65. The quantitative estimate of drug-likeness (QED) is 0.945. The third-order valence-corrected chi connectivity index (χ3v) is 5.12. The van der Waals surface area contributed by atoms with Crippen LogP contribution in [-0.4, -0.2) is 35.0 Å². The van der Waals surface area contributed by atoms with Gasteiger partial charge < -0.3 is 10.0 Å². The molecule has 0 spiro atoms. The van der Waals surface area contributed by atoms with E-state index in [9.17, 15) is 14.7 Å². The molecule has 1 aliphatic rings. The van der Waals surface area contributed by atoms with Gasteiger partial charge >= 0.3 is 5.97 Å². The lowest BCUT2D eigenvalue weighted by atomic mass is 9.76. The summed E-state index contributed by atoms with van der Waals surface area (Å²) < 4.78 is 0. The minimum atomic E-state index is -0.827. The molecule has 23 heavy (non-hydrogen) atoms. The van der Waals surface area contributed by atoms with Gasteiger partial charge in [-0.05, 0) is 35.2 Å². The van der Waals surface area contributed by atoms with Crippen LogP contribution in [0, 0.1) is 11.3 Å². The summed E-state index contributed by atoms with van der Waals surface area (Å²) in [7, 11) is 0. The van der Waals surface area contributed by atoms with E-state index in [4.69, 9.17) is 0 Å². The van der Waals surface area contributed by atoms with Gasteiger partial charge in [-0.15, -0.1) is 0 Å². The van der Waals surface area contributed by atoms with Crippen molar-refractivity contribution in [2.75, 3.05) is 13.1 Å². The SMILES string of the molecule is CC(C)C1(C(=O)O)CCN(C(=O)c2ccc3ccccc3c2)C1. The molecule has 3 rings (SSSR count). The Bertz CT molecular complexity index is 768. The predicted molar refractivity (Wildman–Crippen MR) is 89.4 cm³/mol. The Morgan fingerprint density at radius 3 is 2.43 bits per heavy atom. The fraction of sp³-hybridized carbons (Fsp3) is 0.368. The predicted octanol–water partition coefficient (Wildman–Crippen LogP) is 3.41. The van der Waals surface area contributed by atoms with E-state index < -0.39 is 11.4 Å². The molecule has 0 bridgehead atoms. The molecule has 0 aromatic heterocycles. The van der Waals surface area contributed by atoms with Crippen LogP contribution >= 0.6 is 0 Å². The molecule has 120 valence electrons. The number of hydrogen-bond acceptors (Lipinski definition) is 2. The topological polar surface area (TPSA) is 57.6 Å². The van der Waals surface area contributed by atoms with Gasteiger partial charge in [0.1, 0.15) is 0 Å². The van der Waals surface area contributed by atoms with Gasteiger partial charge in [0.25, 0.3) is 5.91 Å². The molecule has 0 aliphatic carbocycles. The van der Waals surface area contributed by atoms with Gasteiger partial charge in [-0.2, -0.15) is 0 Å². The lowest BCUT2D eigenvalue weighted by Gasteiger charge is -2.28. The number of hydrogen-bond donors (Lipinski definition) is 1. The van der Waals surface area contributed by atoms with Crippen LogP contribution in [0.3, 0.4) is 0 Å². The highest BCUT2D eigenvalue weighted by molar-refractivity contribution is 5.99. The van der Waals surface area contributed by atoms with Crippen molar-refractivity contribution < 1.29 is 14.7 Å². The maximum absolute atomic E-state index is 12.8. The van der Waals surface area contributed by atoms with Crippen LogP contribution in [0.4, 0.5) is 0 Å². The largest absolute Gasteiger partial charge is 0.481 e. The van der Waals surface area contributed by atoms with Gasteiger partial charge in [0, 0.05) is 18.7 Å². The summed E-state index contributed by atoms with van der Waals surface area (Å²) in [6, 6.07) is 13.5. The Labute approximate surface area is 135 Å². The Kier molecular flexibility index (Phi) is 3.84. The highest BCUT2D eigenvalue weighted by Crippen LogP contribution is 2.38. The zero-order valence-electron chi connectivity index (χ0n) is 13.5. The number of likely N-dealkylation sites (tertiary alicyclic amines) is 1. The standard InChI is InChI=1S/C19H21NO3/c1-13(2)19(18(22)23)9-10-20(12-19)17(21)16-8-7-14-5-3-4-6-15(14)11-16/h3-8,11,13H,9-10,12H2,1-2H3,(H,22,23). The third kappa shape index (κ3) is 2.58. The summed E-state index contributed by atoms with van der Waals surface area (Å²) in [4.78, 5) is 26.1. The number of carbonyl (C=O) groups is 2. The molecule has 1 heterocycles. The molecule has 2 aromatic carbocycles. The average Bonchev–Trinajstić information content (AvgIpc) is 3.00. The van der Waals surface area contributed by atoms with Gasteiger partial charge in [0.05, 0.1) is 5.41 Å². The van der Waals surface area contributed by atoms with E-state index in [1.807, 2.05) is 56.3 Å². The molecule has 0 saturated carbocycles. The van der Waals surface area contributed by atoms with E-state index in [2.05, 4.69) is 0 Å². The van der Waals surface area contributed by atoms with E-state index >= 15 is 0 Å². The highest BCUT2D eigenvalue weighted by Gasteiger charge is 2.48.